The third-order valence-corrected chi connectivity index (χ3v) is 5.84. The van der Waals surface area contributed by atoms with Gasteiger partial charge >= 0.3 is 0 Å². The first kappa shape index (κ1) is 25.6. The Morgan fingerprint density at radius 1 is 1.05 bits per heavy atom. The Hall–Kier alpha value is -4.46. The highest BCUT2D eigenvalue weighted by Gasteiger charge is 2.31. The quantitative estimate of drug-likeness (QED) is 0.421. The molecule has 1 aliphatic rings. The number of anilines is 2. The van der Waals surface area contributed by atoms with E-state index in [1.807, 2.05) is 37.3 Å². The van der Waals surface area contributed by atoms with Crippen molar-refractivity contribution in [3.63, 3.8) is 0 Å². The molecule has 192 valence electrons. The van der Waals surface area contributed by atoms with Gasteiger partial charge in [-0.25, -0.2) is 0 Å². The molecule has 4 rings (SSSR count). The molecular weight excluding hydrogens is 472 g/mol. The number of hydrogen-bond acceptors (Lipinski definition) is 6. The maximum Gasteiger partial charge on any atom is 0.267 e. The van der Waals surface area contributed by atoms with Gasteiger partial charge in [-0.05, 0) is 67.4 Å². The molecule has 0 spiro atoms. The SMILES string of the molecule is COc1ccc(/C=C/C(=O)Nc2ccc3c(c2)OC(C)C(=O)N3CCOc2cccc(C)c2)cc1OC. The number of fused-ring (bicyclic) bond motifs is 1. The fraction of sp³-hybridized carbons (Fsp3) is 0.241. The molecule has 2 amide bonds. The average molecular weight is 503 g/mol. The number of ether oxygens (including phenoxy) is 4. The molecule has 0 aliphatic carbocycles. The molecule has 8 nitrogen and oxygen atoms in total. The summed E-state index contributed by atoms with van der Waals surface area (Å²) in [7, 11) is 3.13. The normalized spacial score (nSPS) is 14.6. The maximum absolute atomic E-state index is 12.8. The average Bonchev–Trinajstić information content (AvgIpc) is 2.89. The van der Waals surface area contributed by atoms with E-state index in [-0.39, 0.29) is 11.8 Å². The van der Waals surface area contributed by atoms with Crippen molar-refractivity contribution >= 4 is 29.3 Å². The molecule has 0 radical (unpaired) electrons. The van der Waals surface area contributed by atoms with Crippen molar-refractivity contribution in [2.45, 2.75) is 20.0 Å². The Labute approximate surface area is 216 Å². The number of carbonyl (C=O) groups is 2. The summed E-state index contributed by atoms with van der Waals surface area (Å²) in [5.74, 6) is 2.02. The largest absolute Gasteiger partial charge is 0.493 e. The predicted molar refractivity (Wildman–Crippen MR) is 143 cm³/mol. The van der Waals surface area contributed by atoms with E-state index in [1.54, 1.807) is 62.5 Å². The number of nitrogens with zero attached hydrogens (tertiary/aromatic N) is 1. The molecule has 0 saturated carbocycles. The van der Waals surface area contributed by atoms with Crippen LogP contribution in [0.15, 0.2) is 66.7 Å². The lowest BCUT2D eigenvalue weighted by molar-refractivity contribution is -0.125. The van der Waals surface area contributed by atoms with Gasteiger partial charge in [0.25, 0.3) is 5.91 Å². The summed E-state index contributed by atoms with van der Waals surface area (Å²) in [4.78, 5) is 27.0. The minimum atomic E-state index is -0.651. The van der Waals surface area contributed by atoms with Crippen molar-refractivity contribution in [3.05, 3.63) is 77.9 Å². The van der Waals surface area contributed by atoms with Crippen LogP contribution in [-0.2, 0) is 9.59 Å². The first-order valence-corrected chi connectivity index (χ1v) is 11.9. The molecule has 3 aromatic carbocycles. The predicted octanol–water partition coefficient (Wildman–Crippen LogP) is 4.86. The van der Waals surface area contributed by atoms with E-state index in [4.69, 9.17) is 18.9 Å². The fourth-order valence-electron chi connectivity index (χ4n) is 3.99. The van der Waals surface area contributed by atoms with Crippen LogP contribution < -0.4 is 29.2 Å². The van der Waals surface area contributed by atoms with E-state index in [0.717, 1.165) is 16.9 Å². The van der Waals surface area contributed by atoms with Gasteiger partial charge in [-0.3, -0.25) is 9.59 Å². The molecule has 0 bridgehead atoms. The minimum Gasteiger partial charge on any atom is -0.493 e. The fourth-order valence-corrected chi connectivity index (χ4v) is 3.99. The Balaban J connectivity index is 1.42. The second-order valence-electron chi connectivity index (χ2n) is 8.53. The van der Waals surface area contributed by atoms with E-state index in [9.17, 15) is 9.59 Å². The highest BCUT2D eigenvalue weighted by Crippen LogP contribution is 2.36. The molecule has 0 saturated heterocycles. The van der Waals surface area contributed by atoms with Gasteiger partial charge in [0.1, 0.15) is 18.1 Å². The van der Waals surface area contributed by atoms with Crippen LogP contribution in [0.2, 0.25) is 0 Å². The third kappa shape index (κ3) is 6.22. The van der Waals surface area contributed by atoms with Gasteiger partial charge in [0.15, 0.2) is 17.6 Å². The van der Waals surface area contributed by atoms with Crippen LogP contribution in [0.5, 0.6) is 23.0 Å². The summed E-state index contributed by atoms with van der Waals surface area (Å²) in [5.41, 5.74) is 3.08. The van der Waals surface area contributed by atoms with Crippen molar-refractivity contribution in [2.24, 2.45) is 0 Å². The Bertz CT molecular complexity index is 1320. The van der Waals surface area contributed by atoms with Crippen LogP contribution in [0, 0.1) is 6.92 Å². The lowest BCUT2D eigenvalue weighted by Crippen LogP contribution is -2.46. The zero-order valence-corrected chi connectivity index (χ0v) is 21.3. The molecule has 8 heteroatoms. The number of hydrogen-bond donors (Lipinski definition) is 1. The summed E-state index contributed by atoms with van der Waals surface area (Å²) < 4.78 is 22.2. The topological polar surface area (TPSA) is 86.3 Å². The summed E-state index contributed by atoms with van der Waals surface area (Å²) >= 11 is 0. The number of methoxy groups -OCH3 is 2. The van der Waals surface area contributed by atoms with Crippen molar-refractivity contribution in [1.82, 2.24) is 0 Å². The number of rotatable bonds is 9. The molecule has 1 aliphatic heterocycles. The van der Waals surface area contributed by atoms with Crippen LogP contribution in [0.3, 0.4) is 0 Å². The van der Waals surface area contributed by atoms with Crippen LogP contribution in [0.1, 0.15) is 18.1 Å². The molecule has 3 aromatic rings. The number of carbonyl (C=O) groups excluding carboxylic acids is 2. The zero-order chi connectivity index (χ0) is 26.4. The molecule has 1 atom stereocenters. The third-order valence-electron chi connectivity index (χ3n) is 5.84. The molecule has 37 heavy (non-hydrogen) atoms. The summed E-state index contributed by atoms with van der Waals surface area (Å²) in [6.07, 6.45) is 2.47. The monoisotopic (exact) mass is 502 g/mol. The van der Waals surface area contributed by atoms with E-state index >= 15 is 0 Å². The molecule has 0 fully saturated rings. The van der Waals surface area contributed by atoms with E-state index in [0.29, 0.717) is 41.8 Å². The Kier molecular flexibility index (Phi) is 7.98. The lowest BCUT2D eigenvalue weighted by Gasteiger charge is -2.33. The van der Waals surface area contributed by atoms with Crippen molar-refractivity contribution in [2.75, 3.05) is 37.6 Å². The molecule has 1 N–H and O–H groups in total. The number of benzene rings is 3. The van der Waals surface area contributed by atoms with Crippen LogP contribution in [-0.4, -0.2) is 45.3 Å². The first-order valence-electron chi connectivity index (χ1n) is 11.9. The van der Waals surface area contributed by atoms with E-state index < -0.39 is 6.10 Å². The summed E-state index contributed by atoms with van der Waals surface area (Å²) in [6, 6.07) is 18.4. The van der Waals surface area contributed by atoms with Gasteiger partial charge in [0, 0.05) is 17.8 Å². The standard InChI is InChI=1S/C29H30N2O6/c1-19-6-5-7-23(16-19)36-15-14-31-24-11-10-22(18-26(24)37-20(2)29(31)33)30-28(32)13-9-21-8-12-25(34-3)27(17-21)35-4/h5-13,16-18,20H,14-15H2,1-4H3,(H,30,32)/b13-9+. The van der Waals surface area contributed by atoms with E-state index in [2.05, 4.69) is 5.32 Å². The van der Waals surface area contributed by atoms with Gasteiger partial charge in [-0.1, -0.05) is 18.2 Å². The van der Waals surface area contributed by atoms with Crippen molar-refractivity contribution in [1.29, 1.82) is 0 Å². The van der Waals surface area contributed by atoms with Gasteiger partial charge < -0.3 is 29.2 Å². The van der Waals surface area contributed by atoms with Crippen LogP contribution >= 0.6 is 0 Å². The Morgan fingerprint density at radius 2 is 1.86 bits per heavy atom. The van der Waals surface area contributed by atoms with Crippen molar-refractivity contribution in [3.8, 4) is 23.0 Å². The lowest BCUT2D eigenvalue weighted by atomic mass is 10.1. The van der Waals surface area contributed by atoms with Crippen LogP contribution in [0.25, 0.3) is 6.08 Å². The van der Waals surface area contributed by atoms with Gasteiger partial charge in [0.2, 0.25) is 5.91 Å². The van der Waals surface area contributed by atoms with Gasteiger partial charge in [0.05, 0.1) is 26.5 Å². The highest BCUT2D eigenvalue weighted by atomic mass is 16.5. The van der Waals surface area contributed by atoms with E-state index in [1.165, 1.54) is 6.08 Å². The molecule has 0 aromatic heterocycles. The highest BCUT2D eigenvalue weighted by molar-refractivity contribution is 6.03. The Morgan fingerprint density at radius 3 is 2.62 bits per heavy atom. The zero-order valence-electron chi connectivity index (χ0n) is 21.3. The summed E-state index contributed by atoms with van der Waals surface area (Å²) in [5, 5.41) is 2.83. The van der Waals surface area contributed by atoms with Gasteiger partial charge in [-0.2, -0.15) is 0 Å². The number of nitrogens with one attached hydrogen (secondary N) is 1. The number of amides is 2. The van der Waals surface area contributed by atoms with Gasteiger partial charge in [-0.15, -0.1) is 0 Å². The maximum atomic E-state index is 12.8. The smallest absolute Gasteiger partial charge is 0.267 e. The minimum absolute atomic E-state index is 0.144. The van der Waals surface area contributed by atoms with Crippen LogP contribution in [0.4, 0.5) is 11.4 Å². The summed E-state index contributed by atoms with van der Waals surface area (Å²) in [6.45, 7) is 4.41. The first-order chi connectivity index (χ1) is 17.9. The second kappa shape index (κ2) is 11.5. The number of aryl methyl sites for hydroxylation is 1. The molecule has 1 unspecified atom stereocenters. The second-order valence-corrected chi connectivity index (χ2v) is 8.53. The molecule has 1 heterocycles. The molecular formula is C29H30N2O6. The van der Waals surface area contributed by atoms with Crippen molar-refractivity contribution < 1.29 is 28.5 Å².